The molecule has 0 spiro atoms. The number of alkyl halides is 13. The summed E-state index contributed by atoms with van der Waals surface area (Å²) in [4.78, 5) is 24.5. The molecular weight excluding hydrogens is 644 g/mol. The van der Waals surface area contributed by atoms with Crippen LogP contribution in [0.25, 0.3) is 10.4 Å². The van der Waals surface area contributed by atoms with Crippen LogP contribution in [-0.2, 0) is 18.4 Å². The fraction of sp³-hybridized carbons (Fsp3) is 0.944. The highest BCUT2D eigenvalue weighted by atomic mass is 31.2. The number of hydrogen-bond acceptors (Lipinski definition) is 5. The first-order valence-electron chi connectivity index (χ1n) is 11.0. The van der Waals surface area contributed by atoms with Gasteiger partial charge in [0.15, 0.2) is 0 Å². The Bertz CT molecular complexity index is 1050. The quantitative estimate of drug-likeness (QED) is 0.0535. The number of quaternary nitrogens is 1. The molecule has 0 aliphatic rings. The highest BCUT2D eigenvalue weighted by molar-refractivity contribution is 7.47. The van der Waals surface area contributed by atoms with Crippen molar-refractivity contribution in [3.8, 4) is 0 Å². The molecule has 0 aromatic rings. The first kappa shape index (κ1) is 39.9. The highest BCUT2D eigenvalue weighted by Gasteiger charge is 2.90. The van der Waals surface area contributed by atoms with Crippen LogP contribution in [-0.4, -0.2) is 105 Å². The average molecular weight is 670 g/mol. The number of azide groups is 1. The molecule has 0 aromatic heterocycles. The molecule has 1 amide bonds. The molecule has 0 saturated heterocycles. The second-order valence-electron chi connectivity index (χ2n) is 10.0. The van der Waals surface area contributed by atoms with Crippen molar-refractivity contribution in [2.45, 2.75) is 49.1 Å². The van der Waals surface area contributed by atoms with Gasteiger partial charge in [0.2, 0.25) is 5.91 Å². The van der Waals surface area contributed by atoms with Crippen LogP contribution in [0.15, 0.2) is 5.11 Å². The maximum Gasteiger partial charge on any atom is 0.472 e. The van der Waals surface area contributed by atoms with Crippen LogP contribution < -0.4 is 5.32 Å². The summed E-state index contributed by atoms with van der Waals surface area (Å²) in [5.74, 6) is -39.5. The summed E-state index contributed by atoms with van der Waals surface area (Å²) in [6, 6.07) is 0. The van der Waals surface area contributed by atoms with E-state index in [9.17, 15) is 71.3 Å². The van der Waals surface area contributed by atoms with Gasteiger partial charge in [-0.15, -0.1) is 0 Å². The van der Waals surface area contributed by atoms with Crippen molar-refractivity contribution in [1.82, 2.24) is 5.32 Å². The molecule has 0 heterocycles. The van der Waals surface area contributed by atoms with Crippen LogP contribution in [0.1, 0.15) is 13.3 Å². The fourth-order valence-corrected chi connectivity index (χ4v) is 3.40. The Kier molecular flexibility index (Phi) is 12.3. The molecular formula is C18H26F13N5O5P+. The summed E-state index contributed by atoms with van der Waals surface area (Å²) < 4.78 is 193. The molecule has 0 aromatic carbocycles. The molecule has 0 aliphatic carbocycles. The summed E-state index contributed by atoms with van der Waals surface area (Å²) in [5, 5.41) is 4.38. The number of rotatable bonds is 17. The zero-order valence-electron chi connectivity index (χ0n) is 22.0. The van der Waals surface area contributed by atoms with E-state index in [0.717, 1.165) is 6.92 Å². The summed E-state index contributed by atoms with van der Waals surface area (Å²) >= 11 is 0. The Hall–Kier alpha value is -2.06. The lowest BCUT2D eigenvalue weighted by molar-refractivity contribution is -0.870. The third-order valence-electron chi connectivity index (χ3n) is 5.32. The van der Waals surface area contributed by atoms with Crippen LogP contribution in [0.3, 0.4) is 0 Å². The first-order valence-corrected chi connectivity index (χ1v) is 12.5. The third-order valence-corrected chi connectivity index (χ3v) is 6.28. The molecule has 10 nitrogen and oxygen atoms in total. The number of phosphoric ester groups is 1. The number of hydrogen-bond donors (Lipinski definition) is 2. The van der Waals surface area contributed by atoms with E-state index < -0.39 is 81.1 Å². The lowest BCUT2D eigenvalue weighted by Gasteiger charge is -2.39. The average Bonchev–Trinajstić information content (AvgIpc) is 2.79. The normalized spacial score (nSPS) is 17.2. The summed E-state index contributed by atoms with van der Waals surface area (Å²) in [5.41, 5.74) is 6.19. The minimum absolute atomic E-state index is 0.169. The topological polar surface area (TPSA) is 134 Å². The smallest absolute Gasteiger partial charge is 0.355 e. The molecule has 2 unspecified atom stereocenters. The fourth-order valence-electron chi connectivity index (χ4n) is 2.57. The Morgan fingerprint density at radius 1 is 0.905 bits per heavy atom. The lowest BCUT2D eigenvalue weighted by atomic mass is 9.90. The molecule has 0 bridgehead atoms. The van der Waals surface area contributed by atoms with E-state index >= 15 is 0 Å². The summed E-state index contributed by atoms with van der Waals surface area (Å²) in [7, 11) is 0.113. The molecule has 24 heteroatoms. The van der Waals surface area contributed by atoms with Gasteiger partial charge in [0.1, 0.15) is 13.2 Å². The van der Waals surface area contributed by atoms with Gasteiger partial charge in [-0.3, -0.25) is 13.8 Å². The third kappa shape index (κ3) is 8.98. The van der Waals surface area contributed by atoms with Crippen LogP contribution in [0.5, 0.6) is 0 Å². The number of carbonyl (C=O) groups is 1. The highest BCUT2D eigenvalue weighted by Crippen LogP contribution is 2.60. The van der Waals surface area contributed by atoms with E-state index in [1.807, 2.05) is 0 Å². The molecule has 248 valence electrons. The minimum atomic E-state index is -8.06. The molecule has 42 heavy (non-hydrogen) atoms. The van der Waals surface area contributed by atoms with Crippen molar-refractivity contribution >= 4 is 13.7 Å². The van der Waals surface area contributed by atoms with E-state index in [0.29, 0.717) is 0 Å². The van der Waals surface area contributed by atoms with Gasteiger partial charge in [0.05, 0.1) is 33.2 Å². The second kappa shape index (κ2) is 12.9. The van der Waals surface area contributed by atoms with E-state index in [4.69, 9.17) is 5.53 Å². The number of amides is 1. The van der Waals surface area contributed by atoms with Gasteiger partial charge in [-0.05, 0) is 12.5 Å². The minimum Gasteiger partial charge on any atom is -0.355 e. The number of phosphoric acid groups is 1. The van der Waals surface area contributed by atoms with Crippen molar-refractivity contribution in [3.63, 3.8) is 0 Å². The van der Waals surface area contributed by atoms with Gasteiger partial charge in [0, 0.05) is 24.4 Å². The van der Waals surface area contributed by atoms with E-state index in [-0.39, 0.29) is 17.6 Å². The van der Waals surface area contributed by atoms with Gasteiger partial charge in [-0.25, -0.2) is 4.57 Å². The molecule has 0 fully saturated rings. The van der Waals surface area contributed by atoms with Crippen molar-refractivity contribution in [3.05, 3.63) is 10.4 Å². The van der Waals surface area contributed by atoms with Crippen LogP contribution in [0.2, 0.25) is 0 Å². The predicted octanol–water partition coefficient (Wildman–Crippen LogP) is 5.39. The standard InChI is InChI=1S/C18H25F13N5O5P/c1-12(9-34-35-32,10-41-42(38,39)40-8-7-36(2,3)4)11(37)33-6-5-13(19,20)14(21,22)15(23,24)16(25,26)17(27,28)18(29,30)31/h5-10H2,1-4H3,(H-,33,37,38,39)/p+1. The van der Waals surface area contributed by atoms with Crippen molar-refractivity contribution < 1.29 is 84.9 Å². The second-order valence-corrected chi connectivity index (χ2v) is 11.5. The first-order chi connectivity index (χ1) is 18.4. The number of nitrogens with zero attached hydrogens (tertiary/aromatic N) is 4. The van der Waals surface area contributed by atoms with Gasteiger partial charge < -0.3 is 14.7 Å². The number of nitrogens with one attached hydrogen (secondary N) is 1. The Morgan fingerprint density at radius 3 is 1.81 bits per heavy atom. The Morgan fingerprint density at radius 2 is 1.38 bits per heavy atom. The number of carbonyl (C=O) groups excluding carboxylic acids is 1. The molecule has 0 aliphatic heterocycles. The van der Waals surface area contributed by atoms with Gasteiger partial charge in [-0.2, -0.15) is 57.1 Å². The lowest BCUT2D eigenvalue weighted by Crippen LogP contribution is -2.70. The van der Waals surface area contributed by atoms with E-state index in [2.05, 4.69) is 19.1 Å². The van der Waals surface area contributed by atoms with Crippen LogP contribution >= 0.6 is 7.82 Å². The SMILES string of the molecule is CC(CN=[N+]=[N-])(COP(=O)(O)OCC[N+](C)(C)C)C(=O)NCCC(F)(F)C(F)(F)C(F)(F)C(F)(F)C(F)(F)C(F)(F)F. The van der Waals surface area contributed by atoms with E-state index in [1.165, 1.54) is 5.32 Å². The molecule has 0 rings (SSSR count). The van der Waals surface area contributed by atoms with E-state index in [1.54, 1.807) is 21.1 Å². The van der Waals surface area contributed by atoms with Crippen molar-refractivity contribution in [2.75, 3.05) is 54.0 Å². The zero-order chi connectivity index (χ0) is 33.9. The monoisotopic (exact) mass is 670 g/mol. The number of halogens is 13. The zero-order valence-corrected chi connectivity index (χ0v) is 22.9. The van der Waals surface area contributed by atoms with Gasteiger partial charge in [-0.1, -0.05) is 5.11 Å². The van der Waals surface area contributed by atoms with Crippen LogP contribution in [0, 0.1) is 5.41 Å². The number of likely N-dealkylation sites (N-methyl/N-ethyl adjacent to an activating group) is 1. The maximum absolute atomic E-state index is 13.9. The van der Waals surface area contributed by atoms with Crippen molar-refractivity contribution in [1.29, 1.82) is 0 Å². The van der Waals surface area contributed by atoms with Gasteiger partial charge in [0.25, 0.3) is 0 Å². The molecule has 0 radical (unpaired) electrons. The summed E-state index contributed by atoms with van der Waals surface area (Å²) in [6.45, 7) is -3.37. The Balaban J connectivity index is 5.74. The summed E-state index contributed by atoms with van der Waals surface area (Å²) in [6.07, 6.45) is -10.3. The van der Waals surface area contributed by atoms with Gasteiger partial charge >= 0.3 is 43.6 Å². The maximum atomic E-state index is 13.9. The largest absolute Gasteiger partial charge is 0.472 e. The Labute approximate surface area is 228 Å². The molecule has 2 N–H and O–H groups in total. The molecule has 0 saturated carbocycles. The predicted molar refractivity (Wildman–Crippen MR) is 115 cm³/mol. The van der Waals surface area contributed by atoms with Crippen LogP contribution in [0.4, 0.5) is 57.1 Å². The molecule has 2 atom stereocenters. The van der Waals surface area contributed by atoms with Crippen molar-refractivity contribution in [2.24, 2.45) is 10.5 Å².